The first-order valence-electron chi connectivity index (χ1n) is 6.12. The van der Waals surface area contributed by atoms with E-state index in [-0.39, 0.29) is 16.9 Å². The van der Waals surface area contributed by atoms with Crippen LogP contribution in [0.5, 0.6) is 0 Å². The van der Waals surface area contributed by atoms with Crippen LogP contribution in [-0.2, 0) is 10.0 Å². The summed E-state index contributed by atoms with van der Waals surface area (Å²) in [5.41, 5.74) is 5.79. The predicted octanol–water partition coefficient (Wildman–Crippen LogP) is 1.79. The monoisotopic (exact) mass is 302 g/mol. The van der Waals surface area contributed by atoms with E-state index in [0.29, 0.717) is 11.5 Å². The number of hydrogen-bond donors (Lipinski definition) is 1. The smallest absolute Gasteiger partial charge is 0.263 e. The fraction of sp³-hybridized carbons (Fsp3) is 0.545. The van der Waals surface area contributed by atoms with Gasteiger partial charge in [0.2, 0.25) is 0 Å². The Labute approximate surface area is 116 Å². The minimum atomic E-state index is -3.63. The molecule has 0 aliphatic heterocycles. The van der Waals surface area contributed by atoms with E-state index in [9.17, 15) is 8.42 Å². The number of sulfonamides is 1. The molecule has 0 aromatic carbocycles. The van der Waals surface area contributed by atoms with Gasteiger partial charge in [-0.1, -0.05) is 6.92 Å². The van der Waals surface area contributed by atoms with Crippen molar-refractivity contribution in [2.75, 3.05) is 12.3 Å². The normalized spacial score (nSPS) is 12.9. The quantitative estimate of drug-likeness (QED) is 0.913. The topological polar surface area (TPSA) is 80.7 Å². The second-order valence-electron chi connectivity index (χ2n) is 4.57. The molecule has 2 aromatic rings. The second kappa shape index (κ2) is 5.10. The van der Waals surface area contributed by atoms with Crippen LogP contribution < -0.4 is 5.73 Å². The minimum Gasteiger partial charge on any atom is -0.381 e. The van der Waals surface area contributed by atoms with Crippen molar-refractivity contribution >= 4 is 32.1 Å². The number of rotatable bonds is 5. The van der Waals surface area contributed by atoms with E-state index in [2.05, 4.69) is 4.98 Å². The van der Waals surface area contributed by atoms with Crippen molar-refractivity contribution in [1.82, 2.24) is 13.7 Å². The molecule has 2 aromatic heterocycles. The van der Waals surface area contributed by atoms with Crippen LogP contribution >= 0.6 is 11.3 Å². The van der Waals surface area contributed by atoms with Gasteiger partial charge in [0, 0.05) is 24.2 Å². The summed E-state index contributed by atoms with van der Waals surface area (Å²) in [7, 11) is -3.63. The highest BCUT2D eigenvalue weighted by molar-refractivity contribution is 7.89. The zero-order valence-corrected chi connectivity index (χ0v) is 12.8. The average Bonchev–Trinajstić information content (AvgIpc) is 2.83. The zero-order valence-electron chi connectivity index (χ0n) is 11.2. The third-order valence-corrected chi connectivity index (χ3v) is 5.69. The first-order chi connectivity index (χ1) is 8.89. The van der Waals surface area contributed by atoms with Gasteiger partial charge in [-0.25, -0.2) is 13.4 Å². The summed E-state index contributed by atoms with van der Waals surface area (Å²) in [4.78, 5) is 4.69. The molecule has 8 heteroatoms. The van der Waals surface area contributed by atoms with Crippen molar-refractivity contribution in [3.05, 3.63) is 11.6 Å². The van der Waals surface area contributed by atoms with Gasteiger partial charge < -0.3 is 5.73 Å². The van der Waals surface area contributed by atoms with Gasteiger partial charge in [-0.3, -0.25) is 4.40 Å². The summed E-state index contributed by atoms with van der Waals surface area (Å²) < 4.78 is 28.5. The molecule has 0 aliphatic rings. The van der Waals surface area contributed by atoms with Crippen LogP contribution in [0.3, 0.4) is 0 Å². The number of nitrogens with zero attached hydrogens (tertiary/aromatic N) is 3. The molecule has 0 amide bonds. The van der Waals surface area contributed by atoms with Gasteiger partial charge in [0.15, 0.2) is 15.8 Å². The lowest BCUT2D eigenvalue weighted by atomic mass is 10.4. The molecule has 2 heterocycles. The molecule has 0 saturated heterocycles. The standard InChI is InChI=1S/C11H18N4O2S2/c1-4-5-15(8(2)3)19(16,17)10-9(12)13-11-14(10)6-7-18-11/h6-8H,4-5,12H2,1-3H3. The number of nitrogen functional groups attached to an aromatic ring is 1. The minimum absolute atomic E-state index is 0.0635. The number of imidazole rings is 1. The molecule has 0 atom stereocenters. The van der Waals surface area contributed by atoms with Gasteiger partial charge in [0.1, 0.15) is 0 Å². The summed E-state index contributed by atoms with van der Waals surface area (Å²) in [6.45, 7) is 6.13. The first-order valence-corrected chi connectivity index (χ1v) is 8.44. The molecule has 0 radical (unpaired) electrons. The Kier molecular flexibility index (Phi) is 3.84. The molecular weight excluding hydrogens is 284 g/mol. The number of thiazole rings is 1. The molecule has 2 N–H and O–H groups in total. The zero-order chi connectivity index (χ0) is 14.2. The van der Waals surface area contributed by atoms with Crippen LogP contribution in [0.1, 0.15) is 27.2 Å². The van der Waals surface area contributed by atoms with Crippen LogP contribution in [-0.4, -0.2) is 34.7 Å². The van der Waals surface area contributed by atoms with Gasteiger partial charge in [-0.05, 0) is 20.3 Å². The van der Waals surface area contributed by atoms with Gasteiger partial charge in [-0.15, -0.1) is 11.3 Å². The van der Waals surface area contributed by atoms with Gasteiger partial charge in [0.25, 0.3) is 10.0 Å². The van der Waals surface area contributed by atoms with Crippen molar-refractivity contribution < 1.29 is 8.42 Å². The van der Waals surface area contributed by atoms with Crippen molar-refractivity contribution in [2.45, 2.75) is 38.3 Å². The Bertz CT molecular complexity index is 672. The van der Waals surface area contributed by atoms with E-state index in [4.69, 9.17) is 5.73 Å². The van der Waals surface area contributed by atoms with Gasteiger partial charge in [-0.2, -0.15) is 4.31 Å². The maximum absolute atomic E-state index is 12.7. The van der Waals surface area contributed by atoms with Crippen LogP contribution in [0.15, 0.2) is 16.6 Å². The number of anilines is 1. The first kappa shape index (κ1) is 14.3. The summed E-state index contributed by atoms with van der Waals surface area (Å²) in [5, 5.41) is 1.87. The molecule has 106 valence electrons. The Balaban J connectivity index is 2.60. The van der Waals surface area contributed by atoms with Crippen LogP contribution in [0.4, 0.5) is 5.82 Å². The van der Waals surface area contributed by atoms with Crippen molar-refractivity contribution in [1.29, 1.82) is 0 Å². The Morgan fingerprint density at radius 2 is 2.21 bits per heavy atom. The highest BCUT2D eigenvalue weighted by atomic mass is 32.2. The molecule has 0 saturated carbocycles. The number of hydrogen-bond acceptors (Lipinski definition) is 5. The molecule has 0 fully saturated rings. The maximum atomic E-state index is 12.7. The van der Waals surface area contributed by atoms with Crippen LogP contribution in [0.25, 0.3) is 4.96 Å². The molecule has 6 nitrogen and oxygen atoms in total. The predicted molar refractivity (Wildman–Crippen MR) is 76.8 cm³/mol. The summed E-state index contributed by atoms with van der Waals surface area (Å²) in [5.74, 6) is 0.0635. The molecule has 0 aliphatic carbocycles. The van der Waals surface area contributed by atoms with E-state index in [1.165, 1.54) is 15.6 Å². The van der Waals surface area contributed by atoms with Gasteiger partial charge in [0.05, 0.1) is 0 Å². The third-order valence-electron chi connectivity index (χ3n) is 2.82. The van der Waals surface area contributed by atoms with Crippen LogP contribution in [0, 0.1) is 0 Å². The highest BCUT2D eigenvalue weighted by Gasteiger charge is 2.32. The lowest BCUT2D eigenvalue weighted by Gasteiger charge is -2.25. The Morgan fingerprint density at radius 3 is 2.79 bits per heavy atom. The van der Waals surface area contributed by atoms with E-state index in [1.54, 1.807) is 16.0 Å². The largest absolute Gasteiger partial charge is 0.381 e. The Morgan fingerprint density at radius 1 is 1.53 bits per heavy atom. The SMILES string of the molecule is CCCN(C(C)C)S(=O)(=O)c1c(N)nc2sccn12. The lowest BCUT2D eigenvalue weighted by Crippen LogP contribution is -2.38. The van der Waals surface area contributed by atoms with Crippen molar-refractivity contribution in [2.24, 2.45) is 0 Å². The van der Waals surface area contributed by atoms with E-state index >= 15 is 0 Å². The number of fused-ring (bicyclic) bond motifs is 1. The van der Waals surface area contributed by atoms with E-state index < -0.39 is 10.0 Å². The fourth-order valence-electron chi connectivity index (χ4n) is 2.03. The van der Waals surface area contributed by atoms with E-state index in [0.717, 1.165) is 6.42 Å². The lowest BCUT2D eigenvalue weighted by molar-refractivity contribution is 0.352. The molecule has 19 heavy (non-hydrogen) atoms. The average molecular weight is 302 g/mol. The van der Waals surface area contributed by atoms with Crippen LogP contribution in [0.2, 0.25) is 0 Å². The Hall–Kier alpha value is -1.12. The highest BCUT2D eigenvalue weighted by Crippen LogP contribution is 2.27. The summed E-state index contributed by atoms with van der Waals surface area (Å²) in [6.07, 6.45) is 2.43. The molecular formula is C11H18N4O2S2. The molecule has 0 spiro atoms. The number of nitrogens with two attached hydrogens (primary N) is 1. The fourth-order valence-corrected chi connectivity index (χ4v) is 4.71. The third kappa shape index (κ3) is 2.35. The van der Waals surface area contributed by atoms with Crippen molar-refractivity contribution in [3.63, 3.8) is 0 Å². The second-order valence-corrected chi connectivity index (χ2v) is 7.25. The van der Waals surface area contributed by atoms with Crippen molar-refractivity contribution in [3.8, 4) is 0 Å². The number of aromatic nitrogens is 2. The molecule has 0 unspecified atom stereocenters. The molecule has 0 bridgehead atoms. The maximum Gasteiger partial charge on any atom is 0.263 e. The van der Waals surface area contributed by atoms with Gasteiger partial charge >= 0.3 is 0 Å². The molecule has 2 rings (SSSR count). The summed E-state index contributed by atoms with van der Waals surface area (Å²) in [6, 6.07) is -0.117. The summed E-state index contributed by atoms with van der Waals surface area (Å²) >= 11 is 1.36. The van der Waals surface area contributed by atoms with E-state index in [1.807, 2.05) is 20.8 Å².